The van der Waals surface area contributed by atoms with Crippen LogP contribution in [0.2, 0.25) is 0 Å². The monoisotopic (exact) mass is 227 g/mol. The number of nitrogens with one attached hydrogen (secondary N) is 1. The van der Waals surface area contributed by atoms with Gasteiger partial charge in [0.1, 0.15) is 0 Å². The predicted octanol–water partition coefficient (Wildman–Crippen LogP) is 1.29. The third-order valence-corrected chi connectivity index (χ3v) is 3.45. The van der Waals surface area contributed by atoms with Crippen molar-refractivity contribution >= 4 is 0 Å². The normalized spacial score (nSPS) is 27.6. The fraction of sp³-hybridized carbons (Fsp3) is 1.00. The van der Waals surface area contributed by atoms with Crippen LogP contribution in [-0.4, -0.2) is 43.7 Å². The van der Waals surface area contributed by atoms with Gasteiger partial charge in [-0.05, 0) is 24.8 Å². The molecule has 1 aliphatic heterocycles. The van der Waals surface area contributed by atoms with Crippen LogP contribution in [0.15, 0.2) is 0 Å². The molecule has 1 saturated heterocycles. The molecule has 0 radical (unpaired) electrons. The molecule has 2 unspecified atom stereocenters. The molecule has 0 amide bonds. The van der Waals surface area contributed by atoms with Gasteiger partial charge in [0.05, 0.1) is 0 Å². The molecular formula is C13H29N3. The Morgan fingerprint density at radius 3 is 2.69 bits per heavy atom. The predicted molar refractivity (Wildman–Crippen MR) is 70.5 cm³/mol. The van der Waals surface area contributed by atoms with E-state index in [4.69, 9.17) is 5.73 Å². The lowest BCUT2D eigenvalue weighted by Crippen LogP contribution is -2.50. The van der Waals surface area contributed by atoms with Crippen molar-refractivity contribution in [2.45, 2.75) is 39.7 Å². The van der Waals surface area contributed by atoms with Gasteiger partial charge in [-0.1, -0.05) is 27.2 Å². The Hall–Kier alpha value is -0.120. The Morgan fingerprint density at radius 2 is 2.12 bits per heavy atom. The SMILES string of the molecule is CCC1CC(NCC(C)C)CN(CCN)C1. The first kappa shape index (κ1) is 13.9. The third-order valence-electron chi connectivity index (χ3n) is 3.45. The van der Waals surface area contributed by atoms with E-state index in [1.54, 1.807) is 0 Å². The molecule has 3 N–H and O–H groups in total. The fourth-order valence-electron chi connectivity index (χ4n) is 2.51. The Labute approximate surface area is 101 Å². The number of nitrogens with zero attached hydrogens (tertiary/aromatic N) is 1. The molecule has 1 aliphatic rings. The zero-order valence-corrected chi connectivity index (χ0v) is 11.2. The second-order valence-electron chi connectivity index (χ2n) is 5.56. The van der Waals surface area contributed by atoms with Gasteiger partial charge in [-0.2, -0.15) is 0 Å². The van der Waals surface area contributed by atoms with Gasteiger partial charge >= 0.3 is 0 Å². The van der Waals surface area contributed by atoms with Crippen LogP contribution in [0.1, 0.15) is 33.6 Å². The first-order valence-electron chi connectivity index (χ1n) is 6.81. The van der Waals surface area contributed by atoms with Crippen LogP contribution in [0.5, 0.6) is 0 Å². The van der Waals surface area contributed by atoms with E-state index in [9.17, 15) is 0 Å². The van der Waals surface area contributed by atoms with E-state index in [1.165, 1.54) is 25.9 Å². The summed E-state index contributed by atoms with van der Waals surface area (Å²) in [6.07, 6.45) is 2.63. The fourth-order valence-corrected chi connectivity index (χ4v) is 2.51. The second kappa shape index (κ2) is 7.25. The van der Waals surface area contributed by atoms with Crippen molar-refractivity contribution in [2.24, 2.45) is 17.6 Å². The molecule has 0 bridgehead atoms. The lowest BCUT2D eigenvalue weighted by Gasteiger charge is -2.38. The van der Waals surface area contributed by atoms with Crippen LogP contribution >= 0.6 is 0 Å². The first-order valence-corrected chi connectivity index (χ1v) is 6.81. The van der Waals surface area contributed by atoms with Gasteiger partial charge < -0.3 is 16.0 Å². The summed E-state index contributed by atoms with van der Waals surface area (Å²) in [4.78, 5) is 2.52. The Balaban J connectivity index is 2.37. The summed E-state index contributed by atoms with van der Waals surface area (Å²) < 4.78 is 0. The van der Waals surface area contributed by atoms with Gasteiger partial charge in [-0.25, -0.2) is 0 Å². The van der Waals surface area contributed by atoms with Gasteiger partial charge in [-0.3, -0.25) is 0 Å². The average Bonchev–Trinajstić information content (AvgIpc) is 2.26. The highest BCUT2D eigenvalue weighted by Crippen LogP contribution is 2.19. The van der Waals surface area contributed by atoms with Crippen molar-refractivity contribution < 1.29 is 0 Å². The van der Waals surface area contributed by atoms with Crippen molar-refractivity contribution in [3.63, 3.8) is 0 Å². The molecule has 0 aromatic heterocycles. The van der Waals surface area contributed by atoms with E-state index >= 15 is 0 Å². The summed E-state index contributed by atoms with van der Waals surface area (Å²) in [5.74, 6) is 1.59. The summed E-state index contributed by atoms with van der Waals surface area (Å²) in [5, 5.41) is 3.69. The number of likely N-dealkylation sites (tertiary alicyclic amines) is 1. The molecule has 0 aromatic carbocycles. The lowest BCUT2D eigenvalue weighted by atomic mass is 9.92. The molecular weight excluding hydrogens is 198 g/mol. The van der Waals surface area contributed by atoms with Crippen molar-refractivity contribution in [2.75, 3.05) is 32.7 Å². The third kappa shape index (κ3) is 4.81. The number of hydrogen-bond acceptors (Lipinski definition) is 3. The van der Waals surface area contributed by atoms with Crippen molar-refractivity contribution in [3.8, 4) is 0 Å². The molecule has 1 rings (SSSR count). The number of hydrogen-bond donors (Lipinski definition) is 2. The molecule has 1 fully saturated rings. The summed E-state index contributed by atoms with van der Waals surface area (Å²) in [6, 6.07) is 0.674. The van der Waals surface area contributed by atoms with Gasteiger partial charge in [0.2, 0.25) is 0 Å². The molecule has 3 nitrogen and oxygen atoms in total. The standard InChI is InChI=1S/C13H29N3/c1-4-12-7-13(15-8-11(2)3)10-16(9-12)6-5-14/h11-13,15H,4-10,14H2,1-3H3. The quantitative estimate of drug-likeness (QED) is 0.718. The van der Waals surface area contributed by atoms with Crippen LogP contribution in [0, 0.1) is 11.8 Å². The zero-order valence-electron chi connectivity index (χ0n) is 11.2. The zero-order chi connectivity index (χ0) is 12.0. The van der Waals surface area contributed by atoms with Crippen LogP contribution < -0.4 is 11.1 Å². The summed E-state index contributed by atoms with van der Waals surface area (Å²) >= 11 is 0. The van der Waals surface area contributed by atoms with E-state index in [0.29, 0.717) is 6.04 Å². The summed E-state index contributed by atoms with van der Waals surface area (Å²) in [5.41, 5.74) is 5.65. The topological polar surface area (TPSA) is 41.3 Å². The second-order valence-corrected chi connectivity index (χ2v) is 5.56. The maximum atomic E-state index is 5.65. The van der Waals surface area contributed by atoms with E-state index in [2.05, 4.69) is 31.0 Å². The maximum absolute atomic E-state index is 5.65. The van der Waals surface area contributed by atoms with Crippen LogP contribution in [0.25, 0.3) is 0 Å². The van der Waals surface area contributed by atoms with E-state index in [1.807, 2.05) is 0 Å². The Morgan fingerprint density at radius 1 is 1.38 bits per heavy atom. The van der Waals surface area contributed by atoms with Gasteiger partial charge in [-0.15, -0.1) is 0 Å². The molecule has 0 spiro atoms. The highest BCUT2D eigenvalue weighted by molar-refractivity contribution is 4.83. The van der Waals surface area contributed by atoms with E-state index in [-0.39, 0.29) is 0 Å². The van der Waals surface area contributed by atoms with Crippen molar-refractivity contribution in [3.05, 3.63) is 0 Å². The minimum absolute atomic E-state index is 0.674. The molecule has 0 saturated carbocycles. The van der Waals surface area contributed by atoms with E-state index < -0.39 is 0 Å². The minimum Gasteiger partial charge on any atom is -0.329 e. The van der Waals surface area contributed by atoms with Crippen LogP contribution in [-0.2, 0) is 0 Å². The van der Waals surface area contributed by atoms with Gasteiger partial charge in [0.25, 0.3) is 0 Å². The average molecular weight is 227 g/mol. The summed E-state index contributed by atoms with van der Waals surface area (Å²) in [6.45, 7) is 12.2. The number of rotatable bonds is 6. The molecule has 3 heteroatoms. The summed E-state index contributed by atoms with van der Waals surface area (Å²) in [7, 11) is 0. The number of nitrogens with two attached hydrogens (primary N) is 1. The van der Waals surface area contributed by atoms with Crippen LogP contribution in [0.3, 0.4) is 0 Å². The van der Waals surface area contributed by atoms with Gasteiger partial charge in [0, 0.05) is 32.2 Å². The molecule has 16 heavy (non-hydrogen) atoms. The highest BCUT2D eigenvalue weighted by atomic mass is 15.2. The lowest BCUT2D eigenvalue weighted by molar-refractivity contribution is 0.140. The minimum atomic E-state index is 0.674. The van der Waals surface area contributed by atoms with Gasteiger partial charge in [0.15, 0.2) is 0 Å². The highest BCUT2D eigenvalue weighted by Gasteiger charge is 2.25. The molecule has 2 atom stereocenters. The van der Waals surface area contributed by atoms with Crippen LogP contribution in [0.4, 0.5) is 0 Å². The van der Waals surface area contributed by atoms with E-state index in [0.717, 1.165) is 31.5 Å². The Bertz CT molecular complexity index is 182. The largest absolute Gasteiger partial charge is 0.329 e. The number of piperidine rings is 1. The maximum Gasteiger partial charge on any atom is 0.0198 e. The van der Waals surface area contributed by atoms with Crippen molar-refractivity contribution in [1.29, 1.82) is 0 Å². The smallest absolute Gasteiger partial charge is 0.0198 e. The molecule has 1 heterocycles. The molecule has 96 valence electrons. The molecule has 0 aliphatic carbocycles. The Kier molecular flexibility index (Phi) is 6.32. The first-order chi connectivity index (χ1) is 7.65. The molecule has 0 aromatic rings. The van der Waals surface area contributed by atoms with Crippen molar-refractivity contribution in [1.82, 2.24) is 10.2 Å².